The van der Waals surface area contributed by atoms with Crippen LogP contribution in [-0.4, -0.2) is 4.98 Å². The molecule has 1 heterocycles. The zero-order chi connectivity index (χ0) is 12.3. The van der Waals surface area contributed by atoms with Crippen molar-refractivity contribution in [1.82, 2.24) is 4.98 Å². The first-order valence-corrected chi connectivity index (χ1v) is 5.06. The molecule has 5 heteroatoms. The number of benzene rings is 1. The Bertz CT molecular complexity index is 531. The van der Waals surface area contributed by atoms with Crippen LogP contribution in [0.4, 0.5) is 10.1 Å². The number of aryl methyl sites for hydroxylation is 1. The highest BCUT2D eigenvalue weighted by molar-refractivity contribution is 5.46. The van der Waals surface area contributed by atoms with E-state index in [1.165, 1.54) is 12.3 Å². The van der Waals surface area contributed by atoms with Gasteiger partial charge in [-0.15, -0.1) is 0 Å². The summed E-state index contributed by atoms with van der Waals surface area (Å²) in [6.07, 6.45) is 1.52. The van der Waals surface area contributed by atoms with Crippen molar-refractivity contribution in [2.24, 2.45) is 5.84 Å². The van der Waals surface area contributed by atoms with Gasteiger partial charge in [0.05, 0.1) is 11.9 Å². The van der Waals surface area contributed by atoms with Gasteiger partial charge in [0.1, 0.15) is 0 Å². The number of para-hydroxylation sites is 1. The number of pyridine rings is 1. The molecule has 2 aromatic rings. The minimum Gasteiger partial charge on any atom is -0.436 e. The number of nitrogens with zero attached hydrogens (tertiary/aromatic N) is 1. The van der Waals surface area contributed by atoms with E-state index in [9.17, 15) is 4.39 Å². The highest BCUT2D eigenvalue weighted by Crippen LogP contribution is 2.26. The summed E-state index contributed by atoms with van der Waals surface area (Å²) in [4.78, 5) is 4.05. The minimum atomic E-state index is -0.422. The summed E-state index contributed by atoms with van der Waals surface area (Å²) in [6.45, 7) is 1.81. The number of hydrogen-bond donors (Lipinski definition) is 2. The van der Waals surface area contributed by atoms with Crippen molar-refractivity contribution >= 4 is 5.69 Å². The summed E-state index contributed by atoms with van der Waals surface area (Å²) < 4.78 is 18.8. The average molecular weight is 233 g/mol. The number of hydrazine groups is 1. The van der Waals surface area contributed by atoms with Crippen molar-refractivity contribution in [1.29, 1.82) is 0 Å². The standard InChI is InChI=1S/C12H12FN3O/c1-8-6-9(16-14)7-15-12(8)17-11-5-3-2-4-10(11)13/h2-7,16H,14H2,1H3. The third-order valence-corrected chi connectivity index (χ3v) is 2.24. The molecule has 0 aliphatic rings. The van der Waals surface area contributed by atoms with E-state index in [1.807, 2.05) is 6.92 Å². The smallest absolute Gasteiger partial charge is 0.222 e. The fourth-order valence-corrected chi connectivity index (χ4v) is 1.38. The molecule has 0 spiro atoms. The first kappa shape index (κ1) is 11.3. The van der Waals surface area contributed by atoms with Crippen molar-refractivity contribution in [3.63, 3.8) is 0 Å². The highest BCUT2D eigenvalue weighted by atomic mass is 19.1. The van der Waals surface area contributed by atoms with Gasteiger partial charge in [-0.2, -0.15) is 0 Å². The van der Waals surface area contributed by atoms with Gasteiger partial charge in [0.25, 0.3) is 0 Å². The Morgan fingerprint density at radius 2 is 2.12 bits per heavy atom. The Hall–Kier alpha value is -2.14. The number of aromatic nitrogens is 1. The summed E-state index contributed by atoms with van der Waals surface area (Å²) in [6, 6.07) is 7.95. The topological polar surface area (TPSA) is 60.2 Å². The van der Waals surface area contributed by atoms with E-state index in [-0.39, 0.29) is 5.75 Å². The maximum atomic E-state index is 13.4. The number of nitrogens with one attached hydrogen (secondary N) is 1. The van der Waals surface area contributed by atoms with Crippen LogP contribution in [-0.2, 0) is 0 Å². The predicted octanol–water partition coefficient (Wildman–Crippen LogP) is 2.61. The molecule has 0 bridgehead atoms. The van der Waals surface area contributed by atoms with Crippen LogP contribution in [0, 0.1) is 12.7 Å². The molecule has 0 unspecified atom stereocenters. The normalized spacial score (nSPS) is 10.1. The van der Waals surface area contributed by atoms with E-state index in [1.54, 1.807) is 24.3 Å². The van der Waals surface area contributed by atoms with Crippen molar-refractivity contribution in [2.75, 3.05) is 5.43 Å². The molecular formula is C12H12FN3O. The molecule has 0 aliphatic heterocycles. The van der Waals surface area contributed by atoms with Crippen molar-refractivity contribution in [3.8, 4) is 11.6 Å². The molecular weight excluding hydrogens is 221 g/mol. The molecule has 0 radical (unpaired) electrons. The second kappa shape index (κ2) is 4.80. The SMILES string of the molecule is Cc1cc(NN)cnc1Oc1ccccc1F. The van der Waals surface area contributed by atoms with Gasteiger partial charge in [-0.1, -0.05) is 12.1 Å². The first-order valence-electron chi connectivity index (χ1n) is 5.06. The number of hydrogen-bond acceptors (Lipinski definition) is 4. The van der Waals surface area contributed by atoms with Crippen LogP contribution >= 0.6 is 0 Å². The first-order chi connectivity index (χ1) is 8.20. The van der Waals surface area contributed by atoms with Crippen LogP contribution in [0.5, 0.6) is 11.6 Å². The summed E-state index contributed by atoms with van der Waals surface area (Å²) in [5, 5.41) is 0. The van der Waals surface area contributed by atoms with Gasteiger partial charge in [0.15, 0.2) is 11.6 Å². The molecule has 0 atom stereocenters. The van der Waals surface area contributed by atoms with Crippen LogP contribution in [0.25, 0.3) is 0 Å². The number of ether oxygens (including phenoxy) is 1. The Balaban J connectivity index is 2.28. The third kappa shape index (κ3) is 2.51. The summed E-state index contributed by atoms with van der Waals surface area (Å²) in [7, 11) is 0. The molecule has 1 aromatic carbocycles. The van der Waals surface area contributed by atoms with Gasteiger partial charge < -0.3 is 10.2 Å². The van der Waals surface area contributed by atoms with Gasteiger partial charge in [-0.25, -0.2) is 9.37 Å². The van der Waals surface area contributed by atoms with Crippen molar-refractivity contribution < 1.29 is 9.13 Å². The zero-order valence-electron chi connectivity index (χ0n) is 9.27. The molecule has 0 amide bonds. The molecule has 3 N–H and O–H groups in total. The van der Waals surface area contributed by atoms with E-state index in [4.69, 9.17) is 10.6 Å². The molecule has 0 aliphatic carbocycles. The lowest BCUT2D eigenvalue weighted by Gasteiger charge is -2.09. The second-order valence-electron chi connectivity index (χ2n) is 3.52. The van der Waals surface area contributed by atoms with E-state index < -0.39 is 5.82 Å². The third-order valence-electron chi connectivity index (χ3n) is 2.24. The van der Waals surface area contributed by atoms with Gasteiger partial charge in [0.2, 0.25) is 5.88 Å². The number of halogens is 1. The highest BCUT2D eigenvalue weighted by Gasteiger charge is 2.07. The van der Waals surface area contributed by atoms with E-state index in [2.05, 4.69) is 10.4 Å². The number of anilines is 1. The van der Waals surface area contributed by atoms with Crippen LogP contribution in [0.1, 0.15) is 5.56 Å². The molecule has 2 rings (SSSR count). The molecule has 88 valence electrons. The van der Waals surface area contributed by atoms with E-state index >= 15 is 0 Å². The van der Waals surface area contributed by atoms with Gasteiger partial charge in [-0.3, -0.25) is 5.84 Å². The van der Waals surface area contributed by atoms with E-state index in [0.29, 0.717) is 11.6 Å². The summed E-state index contributed by atoms with van der Waals surface area (Å²) >= 11 is 0. The fourth-order valence-electron chi connectivity index (χ4n) is 1.38. The largest absolute Gasteiger partial charge is 0.436 e. The molecule has 0 saturated carbocycles. The average Bonchev–Trinajstić information content (AvgIpc) is 2.34. The second-order valence-corrected chi connectivity index (χ2v) is 3.52. The maximum absolute atomic E-state index is 13.4. The van der Waals surface area contributed by atoms with Crippen LogP contribution in [0.3, 0.4) is 0 Å². The fraction of sp³-hybridized carbons (Fsp3) is 0.0833. The molecule has 0 fully saturated rings. The van der Waals surface area contributed by atoms with Crippen LogP contribution < -0.4 is 16.0 Å². The lowest BCUT2D eigenvalue weighted by Crippen LogP contribution is -2.07. The summed E-state index contributed by atoms with van der Waals surface area (Å²) in [5.41, 5.74) is 3.92. The lowest BCUT2D eigenvalue weighted by atomic mass is 10.3. The van der Waals surface area contributed by atoms with Crippen LogP contribution in [0.2, 0.25) is 0 Å². The molecule has 1 aromatic heterocycles. The molecule has 17 heavy (non-hydrogen) atoms. The maximum Gasteiger partial charge on any atom is 0.222 e. The zero-order valence-corrected chi connectivity index (χ0v) is 9.27. The van der Waals surface area contributed by atoms with Gasteiger partial charge in [-0.05, 0) is 25.1 Å². The Kier molecular flexibility index (Phi) is 3.20. The van der Waals surface area contributed by atoms with Crippen molar-refractivity contribution in [3.05, 3.63) is 47.9 Å². The summed E-state index contributed by atoms with van der Waals surface area (Å²) in [5.74, 6) is 5.34. The number of rotatable bonds is 3. The Morgan fingerprint density at radius 1 is 1.35 bits per heavy atom. The molecule has 0 saturated heterocycles. The number of nitrogens with two attached hydrogens (primary N) is 1. The molecule has 4 nitrogen and oxygen atoms in total. The minimum absolute atomic E-state index is 0.150. The monoisotopic (exact) mass is 233 g/mol. The predicted molar refractivity (Wildman–Crippen MR) is 63.3 cm³/mol. The van der Waals surface area contributed by atoms with Gasteiger partial charge in [0, 0.05) is 5.56 Å². The lowest BCUT2D eigenvalue weighted by molar-refractivity contribution is 0.424. The van der Waals surface area contributed by atoms with Crippen LogP contribution in [0.15, 0.2) is 36.5 Å². The number of nitrogen functional groups attached to an aromatic ring is 1. The van der Waals surface area contributed by atoms with Crippen molar-refractivity contribution in [2.45, 2.75) is 6.92 Å². The van der Waals surface area contributed by atoms with E-state index in [0.717, 1.165) is 5.56 Å². The Morgan fingerprint density at radius 3 is 2.76 bits per heavy atom. The van der Waals surface area contributed by atoms with Gasteiger partial charge >= 0.3 is 0 Å². The quantitative estimate of drug-likeness (QED) is 0.632. The Labute approximate surface area is 98.2 Å².